The lowest BCUT2D eigenvalue weighted by Crippen LogP contribution is -2.42. The maximum absolute atomic E-state index is 12.5. The molecule has 3 N–H and O–H groups in total. The van der Waals surface area contributed by atoms with Crippen LogP contribution in [0.4, 0.5) is 4.79 Å². The molecule has 1 aromatic heterocycles. The summed E-state index contributed by atoms with van der Waals surface area (Å²) in [5.41, 5.74) is 0.917. The molecule has 2 aromatic rings. The number of hydrogen-bond acceptors (Lipinski definition) is 4. The number of aliphatic hydroxyl groups is 1. The normalized spacial score (nSPS) is 11.9. The Bertz CT molecular complexity index is 596. The van der Waals surface area contributed by atoms with Gasteiger partial charge < -0.3 is 24.8 Å². The Morgan fingerprint density at radius 2 is 2.04 bits per heavy atom. The van der Waals surface area contributed by atoms with Crippen molar-refractivity contribution in [1.82, 2.24) is 10.2 Å². The number of furan rings is 1. The molecule has 0 bridgehead atoms. The first-order chi connectivity index (χ1) is 11.1. The average molecular weight is 318 g/mol. The molecule has 1 atom stereocenters. The molecule has 2 rings (SSSR count). The number of hydrogen-bond donors (Lipinski definition) is 3. The van der Waals surface area contributed by atoms with Gasteiger partial charge in [0.05, 0.1) is 25.5 Å². The van der Waals surface area contributed by atoms with E-state index >= 15 is 0 Å². The predicted molar refractivity (Wildman–Crippen MR) is 85.9 cm³/mol. The molecule has 0 aliphatic carbocycles. The second-order valence-electron chi connectivity index (χ2n) is 5.23. The van der Waals surface area contributed by atoms with Crippen LogP contribution in [0.25, 0.3) is 0 Å². The zero-order valence-corrected chi connectivity index (χ0v) is 13.1. The molecule has 6 nitrogen and oxygen atoms in total. The zero-order valence-electron chi connectivity index (χ0n) is 13.1. The van der Waals surface area contributed by atoms with Crippen LogP contribution in [0.1, 0.15) is 30.7 Å². The maximum Gasteiger partial charge on any atom is 0.318 e. The number of phenolic OH excluding ortho intramolecular Hbond substituents is 1. The predicted octanol–water partition coefficient (Wildman–Crippen LogP) is 2.64. The van der Waals surface area contributed by atoms with Crippen molar-refractivity contribution in [1.29, 1.82) is 0 Å². The minimum absolute atomic E-state index is 0.121. The van der Waals surface area contributed by atoms with E-state index in [2.05, 4.69) is 5.32 Å². The molecule has 0 aliphatic heterocycles. The molecule has 23 heavy (non-hydrogen) atoms. The second kappa shape index (κ2) is 8.24. The number of benzene rings is 1. The summed E-state index contributed by atoms with van der Waals surface area (Å²) >= 11 is 0. The number of carbonyl (C=O) groups is 1. The van der Waals surface area contributed by atoms with Crippen LogP contribution in [0.3, 0.4) is 0 Å². The van der Waals surface area contributed by atoms with Crippen LogP contribution in [0, 0.1) is 0 Å². The number of aliphatic hydroxyl groups excluding tert-OH is 1. The number of rotatable bonds is 7. The van der Waals surface area contributed by atoms with Gasteiger partial charge in [0.15, 0.2) is 0 Å². The van der Waals surface area contributed by atoms with Crippen molar-refractivity contribution in [2.24, 2.45) is 0 Å². The first-order valence-electron chi connectivity index (χ1n) is 7.61. The number of phenols is 1. The van der Waals surface area contributed by atoms with Crippen LogP contribution in [-0.2, 0) is 6.54 Å². The zero-order chi connectivity index (χ0) is 16.7. The number of carbonyl (C=O) groups excluding carboxylic acids is 1. The second-order valence-corrected chi connectivity index (χ2v) is 5.23. The van der Waals surface area contributed by atoms with Gasteiger partial charge in [0.1, 0.15) is 11.5 Å². The van der Waals surface area contributed by atoms with Gasteiger partial charge >= 0.3 is 6.03 Å². The van der Waals surface area contributed by atoms with E-state index in [0.29, 0.717) is 18.7 Å². The van der Waals surface area contributed by atoms with Gasteiger partial charge in [0.2, 0.25) is 0 Å². The van der Waals surface area contributed by atoms with E-state index in [-0.39, 0.29) is 31.0 Å². The summed E-state index contributed by atoms with van der Waals surface area (Å²) in [6, 6.07) is 9.87. The summed E-state index contributed by atoms with van der Waals surface area (Å²) in [5.74, 6) is 0.848. The number of nitrogens with zero attached hydrogens (tertiary/aromatic N) is 1. The molecule has 124 valence electrons. The largest absolute Gasteiger partial charge is 0.508 e. The standard InChI is InChI=1S/C17H22N2O4/c1-2-16(13-5-7-14(21)8-6-13)18-17(22)19(9-10-20)12-15-4-3-11-23-15/h3-8,11,16,20-21H,2,9-10,12H2,1H3,(H,18,22)/t16-/m1/s1. The molecule has 6 heteroatoms. The fraction of sp³-hybridized carbons (Fsp3) is 0.353. The van der Waals surface area contributed by atoms with Gasteiger partial charge in [-0.1, -0.05) is 19.1 Å². The Labute approximate surface area is 135 Å². The Morgan fingerprint density at radius 1 is 1.30 bits per heavy atom. The number of aromatic hydroxyl groups is 1. The lowest BCUT2D eigenvalue weighted by molar-refractivity contribution is 0.165. The highest BCUT2D eigenvalue weighted by Crippen LogP contribution is 2.20. The molecule has 1 heterocycles. The Morgan fingerprint density at radius 3 is 2.61 bits per heavy atom. The molecule has 0 saturated carbocycles. The molecular formula is C17H22N2O4. The number of urea groups is 1. The van der Waals surface area contributed by atoms with Crippen molar-refractivity contribution in [2.75, 3.05) is 13.2 Å². The summed E-state index contributed by atoms with van der Waals surface area (Å²) in [7, 11) is 0. The first kappa shape index (κ1) is 16.9. The number of nitrogens with one attached hydrogen (secondary N) is 1. The van der Waals surface area contributed by atoms with Gasteiger partial charge in [-0.05, 0) is 36.2 Å². The minimum Gasteiger partial charge on any atom is -0.508 e. The van der Waals surface area contributed by atoms with Crippen molar-refractivity contribution < 1.29 is 19.4 Å². The third-order valence-corrected chi connectivity index (χ3v) is 3.59. The SMILES string of the molecule is CC[C@@H](NC(=O)N(CCO)Cc1ccco1)c1ccc(O)cc1. The van der Waals surface area contributed by atoms with Crippen LogP contribution in [0.15, 0.2) is 47.1 Å². The Hall–Kier alpha value is -2.47. The van der Waals surface area contributed by atoms with Gasteiger partial charge in [-0.3, -0.25) is 0 Å². The van der Waals surface area contributed by atoms with E-state index in [1.165, 1.54) is 4.90 Å². The van der Waals surface area contributed by atoms with E-state index in [1.807, 2.05) is 6.92 Å². The molecule has 0 unspecified atom stereocenters. The third-order valence-electron chi connectivity index (χ3n) is 3.59. The van der Waals surface area contributed by atoms with E-state index in [0.717, 1.165) is 5.56 Å². The molecule has 0 aliphatic rings. The quantitative estimate of drug-likeness (QED) is 0.732. The van der Waals surface area contributed by atoms with Crippen molar-refractivity contribution in [3.8, 4) is 5.75 Å². The first-order valence-corrected chi connectivity index (χ1v) is 7.61. The van der Waals surface area contributed by atoms with Crippen LogP contribution in [-0.4, -0.2) is 34.3 Å². The van der Waals surface area contributed by atoms with Crippen LogP contribution in [0.5, 0.6) is 5.75 Å². The van der Waals surface area contributed by atoms with E-state index in [1.54, 1.807) is 42.7 Å². The average Bonchev–Trinajstić information content (AvgIpc) is 3.06. The fourth-order valence-corrected chi connectivity index (χ4v) is 2.33. The monoisotopic (exact) mass is 318 g/mol. The lowest BCUT2D eigenvalue weighted by Gasteiger charge is -2.25. The molecule has 2 amide bonds. The third kappa shape index (κ3) is 4.75. The molecule has 1 aromatic carbocycles. The summed E-state index contributed by atoms with van der Waals surface area (Å²) in [6.07, 6.45) is 2.26. The molecular weight excluding hydrogens is 296 g/mol. The van der Waals surface area contributed by atoms with Crippen LogP contribution in [0.2, 0.25) is 0 Å². The Kier molecular flexibility index (Phi) is 6.05. The van der Waals surface area contributed by atoms with E-state index in [9.17, 15) is 15.0 Å². The molecule has 0 fully saturated rings. The minimum atomic E-state index is -0.268. The fourth-order valence-electron chi connectivity index (χ4n) is 2.33. The molecule has 0 radical (unpaired) electrons. The highest BCUT2D eigenvalue weighted by atomic mass is 16.3. The molecule has 0 saturated heterocycles. The van der Waals surface area contributed by atoms with Gasteiger partial charge in [0, 0.05) is 6.54 Å². The Balaban J connectivity index is 2.04. The number of amides is 2. The van der Waals surface area contributed by atoms with Crippen molar-refractivity contribution in [3.05, 3.63) is 54.0 Å². The smallest absolute Gasteiger partial charge is 0.318 e. The van der Waals surface area contributed by atoms with Gasteiger partial charge in [0.25, 0.3) is 0 Å². The molecule has 0 spiro atoms. The van der Waals surface area contributed by atoms with Crippen LogP contribution >= 0.6 is 0 Å². The van der Waals surface area contributed by atoms with Gasteiger partial charge in [-0.2, -0.15) is 0 Å². The van der Waals surface area contributed by atoms with Crippen molar-refractivity contribution in [3.63, 3.8) is 0 Å². The summed E-state index contributed by atoms with van der Waals surface area (Å²) in [6.45, 7) is 2.37. The highest BCUT2D eigenvalue weighted by Gasteiger charge is 2.19. The maximum atomic E-state index is 12.5. The summed E-state index contributed by atoms with van der Waals surface area (Å²) in [4.78, 5) is 14.0. The summed E-state index contributed by atoms with van der Waals surface area (Å²) in [5, 5.41) is 21.5. The van der Waals surface area contributed by atoms with E-state index in [4.69, 9.17) is 4.42 Å². The summed E-state index contributed by atoms with van der Waals surface area (Å²) < 4.78 is 5.26. The highest BCUT2D eigenvalue weighted by molar-refractivity contribution is 5.74. The van der Waals surface area contributed by atoms with Gasteiger partial charge in [-0.25, -0.2) is 4.79 Å². The van der Waals surface area contributed by atoms with Gasteiger partial charge in [-0.15, -0.1) is 0 Å². The van der Waals surface area contributed by atoms with Crippen molar-refractivity contribution in [2.45, 2.75) is 25.9 Å². The van der Waals surface area contributed by atoms with E-state index < -0.39 is 0 Å². The topological polar surface area (TPSA) is 85.9 Å². The van der Waals surface area contributed by atoms with Crippen molar-refractivity contribution >= 4 is 6.03 Å². The van der Waals surface area contributed by atoms with Crippen LogP contribution < -0.4 is 5.32 Å². The lowest BCUT2D eigenvalue weighted by atomic mass is 10.0.